The van der Waals surface area contributed by atoms with E-state index in [-0.39, 0.29) is 30.0 Å². The smallest absolute Gasteiger partial charge is 0.330 e. The van der Waals surface area contributed by atoms with Crippen molar-refractivity contribution in [1.29, 1.82) is 0 Å². The minimum Gasteiger partial charge on any atom is -0.479 e. The highest BCUT2D eigenvalue weighted by atomic mass is 35.5. The topological polar surface area (TPSA) is 92.7 Å². The summed E-state index contributed by atoms with van der Waals surface area (Å²) >= 11 is 5.93. The Labute approximate surface area is 127 Å². The molecule has 0 aliphatic carbocycles. The zero-order chi connectivity index (χ0) is 15.8. The molecule has 1 atom stereocenters. The van der Waals surface area contributed by atoms with Gasteiger partial charge in [-0.05, 0) is 13.0 Å². The van der Waals surface area contributed by atoms with Crippen LogP contribution in [0.15, 0.2) is 24.3 Å². The normalized spacial score (nSPS) is 11.5. The Morgan fingerprint density at radius 1 is 1.29 bits per heavy atom. The van der Waals surface area contributed by atoms with E-state index in [0.717, 1.165) is 0 Å². The molecular weight excluding hydrogens is 298 g/mol. The van der Waals surface area contributed by atoms with Gasteiger partial charge in [0, 0.05) is 17.0 Å². The second-order valence-electron chi connectivity index (χ2n) is 4.17. The summed E-state index contributed by atoms with van der Waals surface area (Å²) in [6.45, 7) is 1.90. The van der Waals surface area contributed by atoms with E-state index in [1.54, 1.807) is 19.1 Å². The number of benzene rings is 1. The molecule has 0 saturated carbocycles. The first-order chi connectivity index (χ1) is 9.95. The monoisotopic (exact) mass is 313 g/mol. The minimum atomic E-state index is -1.26. The zero-order valence-electron chi connectivity index (χ0n) is 11.5. The van der Waals surface area contributed by atoms with E-state index < -0.39 is 23.9 Å². The lowest BCUT2D eigenvalue weighted by Crippen LogP contribution is -2.34. The van der Waals surface area contributed by atoms with Gasteiger partial charge >= 0.3 is 11.9 Å². The van der Waals surface area contributed by atoms with Crippen molar-refractivity contribution >= 4 is 29.4 Å². The molecule has 21 heavy (non-hydrogen) atoms. The quantitative estimate of drug-likeness (QED) is 0.750. The summed E-state index contributed by atoms with van der Waals surface area (Å²) in [5.41, 5.74) is 0.288. The number of carbonyl (C=O) groups excluding carboxylic acids is 2. The maximum absolute atomic E-state index is 11.7. The summed E-state index contributed by atoms with van der Waals surface area (Å²) in [4.78, 5) is 34.1. The SMILES string of the molecule is CCOC(=O)CCC(=O)N[C@@H](C(=O)O)c1ccccc1Cl. The average Bonchev–Trinajstić information content (AvgIpc) is 2.43. The number of carboxylic acids is 1. The van der Waals surface area contributed by atoms with Gasteiger partial charge in [-0.15, -0.1) is 0 Å². The number of aliphatic carboxylic acids is 1. The van der Waals surface area contributed by atoms with E-state index in [1.807, 2.05) is 0 Å². The molecule has 1 aromatic rings. The average molecular weight is 314 g/mol. The Morgan fingerprint density at radius 2 is 1.95 bits per heavy atom. The molecule has 1 rings (SSSR count). The lowest BCUT2D eigenvalue weighted by atomic mass is 10.1. The van der Waals surface area contributed by atoms with Gasteiger partial charge in [0.1, 0.15) is 0 Å². The molecule has 1 aromatic carbocycles. The molecule has 0 bridgehead atoms. The standard InChI is InChI=1S/C14H16ClNO5/c1-2-21-12(18)8-7-11(17)16-13(14(19)20)9-5-3-4-6-10(9)15/h3-6,13H,2,7-8H2,1H3,(H,16,17)(H,19,20)/t13-/m1/s1. The van der Waals surface area contributed by atoms with E-state index in [0.29, 0.717) is 0 Å². The molecule has 0 heterocycles. The minimum absolute atomic E-state index is 0.103. The largest absolute Gasteiger partial charge is 0.479 e. The van der Waals surface area contributed by atoms with Crippen LogP contribution in [-0.4, -0.2) is 29.6 Å². The number of hydrogen-bond donors (Lipinski definition) is 2. The predicted molar refractivity (Wildman–Crippen MR) is 75.8 cm³/mol. The van der Waals surface area contributed by atoms with Crippen LogP contribution in [0.5, 0.6) is 0 Å². The van der Waals surface area contributed by atoms with E-state index in [2.05, 4.69) is 5.32 Å². The number of carboxylic acid groups (broad SMARTS) is 1. The van der Waals surface area contributed by atoms with Crippen molar-refractivity contribution in [1.82, 2.24) is 5.32 Å². The molecule has 0 aromatic heterocycles. The van der Waals surface area contributed by atoms with Gasteiger partial charge in [0.05, 0.1) is 13.0 Å². The summed E-state index contributed by atoms with van der Waals surface area (Å²) in [6.07, 6.45) is -0.248. The van der Waals surface area contributed by atoms with Crippen molar-refractivity contribution in [2.75, 3.05) is 6.61 Å². The number of halogens is 1. The lowest BCUT2D eigenvalue weighted by molar-refractivity contribution is -0.145. The molecule has 2 N–H and O–H groups in total. The van der Waals surface area contributed by atoms with Gasteiger partial charge in [0.25, 0.3) is 0 Å². The maximum atomic E-state index is 11.7. The predicted octanol–water partition coefficient (Wildman–Crippen LogP) is 1.93. The van der Waals surface area contributed by atoms with Crippen LogP contribution >= 0.6 is 11.6 Å². The van der Waals surface area contributed by atoms with Crippen molar-refractivity contribution in [2.45, 2.75) is 25.8 Å². The van der Waals surface area contributed by atoms with Crippen LogP contribution in [0.25, 0.3) is 0 Å². The first-order valence-electron chi connectivity index (χ1n) is 6.38. The molecule has 0 aliphatic heterocycles. The van der Waals surface area contributed by atoms with Gasteiger partial charge in [-0.25, -0.2) is 4.79 Å². The highest BCUT2D eigenvalue weighted by molar-refractivity contribution is 6.31. The lowest BCUT2D eigenvalue weighted by Gasteiger charge is -2.16. The third kappa shape index (κ3) is 5.43. The van der Waals surface area contributed by atoms with Gasteiger partial charge in [0.15, 0.2) is 6.04 Å². The van der Waals surface area contributed by atoms with E-state index in [4.69, 9.17) is 16.3 Å². The zero-order valence-corrected chi connectivity index (χ0v) is 12.2. The fourth-order valence-corrected chi connectivity index (χ4v) is 1.91. The summed E-state index contributed by atoms with van der Waals surface area (Å²) in [5.74, 6) is -2.29. The van der Waals surface area contributed by atoms with Crippen LogP contribution in [0, 0.1) is 0 Å². The van der Waals surface area contributed by atoms with E-state index in [9.17, 15) is 19.5 Å². The van der Waals surface area contributed by atoms with Crippen molar-refractivity contribution < 1.29 is 24.2 Å². The number of rotatable bonds is 7. The first kappa shape index (κ1) is 17.0. The highest BCUT2D eigenvalue weighted by Gasteiger charge is 2.24. The third-order valence-electron chi connectivity index (χ3n) is 2.63. The van der Waals surface area contributed by atoms with Crippen molar-refractivity contribution in [2.24, 2.45) is 0 Å². The molecule has 0 spiro atoms. The fraction of sp³-hybridized carbons (Fsp3) is 0.357. The van der Waals surface area contributed by atoms with E-state index in [1.165, 1.54) is 12.1 Å². The van der Waals surface area contributed by atoms with Crippen molar-refractivity contribution in [3.63, 3.8) is 0 Å². The molecule has 0 radical (unpaired) electrons. The summed E-state index contributed by atoms with van der Waals surface area (Å²) in [6, 6.07) is 5.09. The molecule has 1 amide bonds. The van der Waals surface area contributed by atoms with Gasteiger partial charge < -0.3 is 15.2 Å². The summed E-state index contributed by atoms with van der Waals surface area (Å²) in [7, 11) is 0. The number of hydrogen-bond acceptors (Lipinski definition) is 4. The Bertz CT molecular complexity index is 532. The van der Waals surface area contributed by atoms with Gasteiger partial charge in [0.2, 0.25) is 5.91 Å². The molecule has 0 aliphatic rings. The number of esters is 1. The van der Waals surface area contributed by atoms with Gasteiger partial charge in [-0.1, -0.05) is 29.8 Å². The molecule has 0 fully saturated rings. The summed E-state index contributed by atoms with van der Waals surface area (Å²) in [5, 5.41) is 11.8. The molecule has 6 nitrogen and oxygen atoms in total. The summed E-state index contributed by atoms with van der Waals surface area (Å²) < 4.78 is 4.69. The second-order valence-corrected chi connectivity index (χ2v) is 4.57. The van der Waals surface area contributed by atoms with Crippen LogP contribution in [-0.2, 0) is 19.1 Å². The Hall–Kier alpha value is -2.08. The first-order valence-corrected chi connectivity index (χ1v) is 6.75. The van der Waals surface area contributed by atoms with Crippen LogP contribution in [0.4, 0.5) is 0 Å². The molecule has 7 heteroatoms. The second kappa shape index (κ2) is 8.26. The van der Waals surface area contributed by atoms with Gasteiger partial charge in [-0.3, -0.25) is 9.59 Å². The van der Waals surface area contributed by atoms with Crippen LogP contribution in [0.3, 0.4) is 0 Å². The molecular formula is C14H16ClNO5. The Balaban J connectivity index is 2.68. The molecule has 0 unspecified atom stereocenters. The highest BCUT2D eigenvalue weighted by Crippen LogP contribution is 2.23. The van der Waals surface area contributed by atoms with Crippen molar-refractivity contribution in [3.05, 3.63) is 34.9 Å². The van der Waals surface area contributed by atoms with Crippen molar-refractivity contribution in [3.8, 4) is 0 Å². The Kier molecular flexibility index (Phi) is 6.68. The molecule has 0 saturated heterocycles. The number of ether oxygens (including phenoxy) is 1. The van der Waals surface area contributed by atoms with Gasteiger partial charge in [-0.2, -0.15) is 0 Å². The Morgan fingerprint density at radius 3 is 2.52 bits per heavy atom. The number of nitrogens with one attached hydrogen (secondary N) is 1. The molecule has 114 valence electrons. The third-order valence-corrected chi connectivity index (χ3v) is 2.97. The van der Waals surface area contributed by atoms with Crippen LogP contribution < -0.4 is 5.32 Å². The van der Waals surface area contributed by atoms with E-state index >= 15 is 0 Å². The number of amides is 1. The maximum Gasteiger partial charge on any atom is 0.330 e. The van der Waals surface area contributed by atoms with Crippen LogP contribution in [0.1, 0.15) is 31.4 Å². The van der Waals surface area contributed by atoms with Crippen LogP contribution in [0.2, 0.25) is 5.02 Å². The fourth-order valence-electron chi connectivity index (χ4n) is 1.66. The number of carbonyl (C=O) groups is 3.